The maximum absolute atomic E-state index is 12.7. The average Bonchev–Trinajstić information content (AvgIpc) is 3.17. The second kappa shape index (κ2) is 6.39. The van der Waals surface area contributed by atoms with Gasteiger partial charge >= 0.3 is 0 Å². The molecule has 9 heteroatoms. The topological polar surface area (TPSA) is 61.4 Å². The van der Waals surface area contributed by atoms with Crippen LogP contribution < -0.4 is 0 Å². The van der Waals surface area contributed by atoms with Gasteiger partial charge in [0.15, 0.2) is 4.73 Å². The summed E-state index contributed by atoms with van der Waals surface area (Å²) in [6.45, 7) is 4.18. The number of carbonyl (C=O) groups is 1. The van der Waals surface area contributed by atoms with Crippen LogP contribution in [0.5, 0.6) is 0 Å². The van der Waals surface area contributed by atoms with E-state index in [1.54, 1.807) is 11.1 Å². The molecule has 1 atom stereocenters. The largest absolute Gasteiger partial charge is 0.335 e. The van der Waals surface area contributed by atoms with Gasteiger partial charge in [-0.1, -0.05) is 63.4 Å². The number of hydrogen-bond donors (Lipinski definition) is 1. The zero-order chi connectivity index (χ0) is 20.7. The predicted molar refractivity (Wildman–Crippen MR) is 124 cm³/mol. The summed E-state index contributed by atoms with van der Waals surface area (Å²) in [4.78, 5) is 27.1. The van der Waals surface area contributed by atoms with Crippen LogP contribution in [0.3, 0.4) is 0 Å². The van der Waals surface area contributed by atoms with E-state index < -0.39 is 5.54 Å². The molecule has 0 aliphatic carbocycles. The van der Waals surface area contributed by atoms with Crippen molar-refractivity contribution in [2.75, 3.05) is 0 Å². The fourth-order valence-electron chi connectivity index (χ4n) is 4.23. The standard InChI is InChI=1S/C20H14Br3ClN4O/c1-19(2)4-3-13-20(15-10(22)5-9(21)6-12(15)25-13)7-14(29)28(20)8-11(24)16-17(19)27-18(23)26-16/h3-6,8H,7H2,1-2H3,(H,26,27)/b4-3-,11-8+. The van der Waals surface area contributed by atoms with Crippen molar-refractivity contribution < 1.29 is 4.79 Å². The van der Waals surface area contributed by atoms with Gasteiger partial charge in [0.05, 0.1) is 28.5 Å². The number of halogens is 4. The monoisotopic (exact) mass is 598 g/mol. The number of imidazole rings is 1. The van der Waals surface area contributed by atoms with Crippen LogP contribution in [-0.2, 0) is 15.7 Å². The molecule has 0 radical (unpaired) electrons. The molecule has 4 heterocycles. The maximum Gasteiger partial charge on any atom is 0.230 e. The molecule has 1 unspecified atom stereocenters. The van der Waals surface area contributed by atoms with E-state index >= 15 is 0 Å². The third-order valence-corrected chi connectivity index (χ3v) is 7.38. The second-order valence-electron chi connectivity index (χ2n) is 7.86. The van der Waals surface area contributed by atoms with E-state index in [-0.39, 0.29) is 11.3 Å². The van der Waals surface area contributed by atoms with Crippen LogP contribution in [-0.4, -0.2) is 26.5 Å². The summed E-state index contributed by atoms with van der Waals surface area (Å²) < 4.78 is 2.41. The Kier molecular flexibility index (Phi) is 4.35. The first-order chi connectivity index (χ1) is 13.6. The van der Waals surface area contributed by atoms with Crippen LogP contribution in [0, 0.1) is 0 Å². The summed E-state index contributed by atoms with van der Waals surface area (Å²) in [5, 5.41) is 0.402. The number of carbonyl (C=O) groups excluding carboxylic acids is 1. The lowest BCUT2D eigenvalue weighted by Gasteiger charge is -2.49. The molecular weight excluding hydrogens is 587 g/mol. The number of amides is 1. The molecule has 3 aliphatic heterocycles. The fraction of sp³-hybridized carbons (Fsp3) is 0.250. The van der Waals surface area contributed by atoms with Crippen LogP contribution in [0.15, 0.2) is 49.2 Å². The predicted octanol–water partition coefficient (Wildman–Crippen LogP) is 6.30. The Morgan fingerprint density at radius 2 is 2.00 bits per heavy atom. The Balaban J connectivity index is 1.81. The number of hydrogen-bond acceptors (Lipinski definition) is 3. The van der Waals surface area contributed by atoms with Crippen molar-refractivity contribution in [2.24, 2.45) is 4.99 Å². The van der Waals surface area contributed by atoms with Crippen molar-refractivity contribution in [3.05, 3.63) is 61.1 Å². The average molecular weight is 602 g/mol. The molecule has 1 N–H and O–H groups in total. The summed E-state index contributed by atoms with van der Waals surface area (Å²) >= 11 is 17.3. The Bertz CT molecular complexity index is 1200. The number of benzene rings is 1. The first kappa shape index (κ1) is 19.7. The number of allylic oxidation sites excluding steroid dienone is 1. The molecule has 1 aromatic carbocycles. The van der Waals surface area contributed by atoms with Gasteiger partial charge in [-0.15, -0.1) is 0 Å². The number of nitrogens with zero attached hydrogens (tertiary/aromatic N) is 3. The summed E-state index contributed by atoms with van der Waals surface area (Å²) in [7, 11) is 0. The van der Waals surface area contributed by atoms with Crippen LogP contribution in [0.1, 0.15) is 37.2 Å². The SMILES string of the molecule is CC1(C)/C=C\C2=Nc3cc(Br)cc(Br)c3C23CC(=O)N3/C=C(/Cl)c2nc(Br)[nH]c21. The van der Waals surface area contributed by atoms with E-state index in [1.807, 2.05) is 18.2 Å². The van der Waals surface area contributed by atoms with Crippen LogP contribution in [0.25, 0.3) is 5.03 Å². The van der Waals surface area contributed by atoms with Crippen LogP contribution >= 0.6 is 59.4 Å². The summed E-state index contributed by atoms with van der Waals surface area (Å²) in [5.74, 6) is -0.0112. The van der Waals surface area contributed by atoms with E-state index in [0.29, 0.717) is 21.9 Å². The molecule has 1 spiro atoms. The first-order valence-electron chi connectivity index (χ1n) is 8.87. The van der Waals surface area contributed by atoms with Gasteiger partial charge in [-0.25, -0.2) is 4.98 Å². The summed E-state index contributed by atoms with van der Waals surface area (Å²) in [6.07, 6.45) is 6.13. The minimum atomic E-state index is -0.677. The minimum absolute atomic E-state index is 0.0112. The molecular formula is C20H14Br3ClN4O. The van der Waals surface area contributed by atoms with Crippen LogP contribution in [0.2, 0.25) is 0 Å². The van der Waals surface area contributed by atoms with E-state index in [9.17, 15) is 4.79 Å². The van der Waals surface area contributed by atoms with Crippen molar-refractivity contribution in [1.82, 2.24) is 14.9 Å². The van der Waals surface area contributed by atoms with Crippen molar-refractivity contribution in [1.29, 1.82) is 0 Å². The number of aliphatic imine (C=N–C) groups is 1. The third-order valence-electron chi connectivity index (χ3n) is 5.65. The highest BCUT2D eigenvalue weighted by Crippen LogP contribution is 2.55. The Labute approximate surface area is 197 Å². The Morgan fingerprint density at radius 3 is 2.72 bits per heavy atom. The Hall–Kier alpha value is -1.22. The number of aromatic nitrogens is 2. The van der Waals surface area contributed by atoms with Gasteiger partial charge < -0.3 is 9.88 Å². The maximum atomic E-state index is 12.7. The first-order valence-corrected chi connectivity index (χ1v) is 11.6. The number of rotatable bonds is 0. The lowest BCUT2D eigenvalue weighted by Crippen LogP contribution is -2.61. The van der Waals surface area contributed by atoms with Crippen LogP contribution in [0.4, 0.5) is 5.69 Å². The molecule has 5 nitrogen and oxygen atoms in total. The molecule has 0 saturated carbocycles. The fourth-order valence-corrected chi connectivity index (χ4v) is 6.37. The van der Waals surface area contributed by atoms with E-state index in [0.717, 1.165) is 31.6 Å². The molecule has 1 amide bonds. The van der Waals surface area contributed by atoms with Crippen molar-refractivity contribution in [3.8, 4) is 0 Å². The van der Waals surface area contributed by atoms with Gasteiger partial charge in [0.1, 0.15) is 11.2 Å². The quantitative estimate of drug-likeness (QED) is 0.361. The van der Waals surface area contributed by atoms with Crippen molar-refractivity contribution in [2.45, 2.75) is 31.2 Å². The molecule has 1 fully saturated rings. The summed E-state index contributed by atoms with van der Waals surface area (Å²) in [5.41, 5.74) is 3.06. The second-order valence-corrected chi connectivity index (χ2v) is 10.8. The number of H-pyrrole nitrogens is 1. The van der Waals surface area contributed by atoms with Gasteiger partial charge in [0, 0.05) is 26.1 Å². The lowest BCUT2D eigenvalue weighted by atomic mass is 9.74. The van der Waals surface area contributed by atoms with Gasteiger partial charge in [0.2, 0.25) is 5.91 Å². The van der Waals surface area contributed by atoms with Gasteiger partial charge in [-0.2, -0.15) is 0 Å². The van der Waals surface area contributed by atoms with Gasteiger partial charge in [-0.3, -0.25) is 9.79 Å². The molecule has 0 bridgehead atoms. The zero-order valence-electron chi connectivity index (χ0n) is 15.4. The molecule has 2 aromatic rings. The lowest BCUT2D eigenvalue weighted by molar-refractivity contribution is -0.145. The minimum Gasteiger partial charge on any atom is -0.335 e. The molecule has 148 valence electrons. The molecule has 29 heavy (non-hydrogen) atoms. The number of β-lactam (4-membered cyclic amide) rings is 1. The van der Waals surface area contributed by atoms with Crippen molar-refractivity contribution in [3.63, 3.8) is 0 Å². The third kappa shape index (κ3) is 2.72. The van der Waals surface area contributed by atoms with Gasteiger partial charge in [0.25, 0.3) is 0 Å². The molecule has 3 aliphatic rings. The van der Waals surface area contributed by atoms with E-state index in [2.05, 4.69) is 77.7 Å². The normalized spacial score (nSPS) is 27.0. The van der Waals surface area contributed by atoms with Crippen molar-refractivity contribution >= 4 is 81.7 Å². The molecule has 1 aromatic heterocycles. The smallest absolute Gasteiger partial charge is 0.230 e. The van der Waals surface area contributed by atoms with E-state index in [1.165, 1.54) is 0 Å². The number of nitrogens with one attached hydrogen (secondary N) is 1. The Morgan fingerprint density at radius 1 is 1.24 bits per heavy atom. The number of aromatic amines is 1. The highest BCUT2D eigenvalue weighted by Gasteiger charge is 2.59. The highest BCUT2D eigenvalue weighted by atomic mass is 79.9. The molecule has 5 rings (SSSR count). The molecule has 1 saturated heterocycles. The van der Waals surface area contributed by atoms with E-state index in [4.69, 9.17) is 16.6 Å². The van der Waals surface area contributed by atoms with Gasteiger partial charge in [-0.05, 0) is 34.1 Å². The number of fused-ring (bicyclic) bond motifs is 2. The zero-order valence-corrected chi connectivity index (χ0v) is 20.9. The summed E-state index contributed by atoms with van der Waals surface area (Å²) in [6, 6.07) is 3.95. The highest BCUT2D eigenvalue weighted by molar-refractivity contribution is 9.11.